The van der Waals surface area contributed by atoms with Crippen molar-refractivity contribution in [1.29, 1.82) is 0 Å². The van der Waals surface area contributed by atoms with Gasteiger partial charge in [0.15, 0.2) is 0 Å². The number of rotatable bonds is 3. The van der Waals surface area contributed by atoms with Crippen molar-refractivity contribution in [3.8, 4) is 0 Å². The van der Waals surface area contributed by atoms with Crippen LogP contribution in [0.1, 0.15) is 13.8 Å². The normalized spacial score (nSPS) is 22.6. The van der Waals surface area contributed by atoms with Gasteiger partial charge in [-0.2, -0.15) is 0 Å². The van der Waals surface area contributed by atoms with E-state index in [2.05, 4.69) is 10.2 Å². The van der Waals surface area contributed by atoms with Gasteiger partial charge in [-0.3, -0.25) is 19.4 Å². The van der Waals surface area contributed by atoms with Crippen molar-refractivity contribution < 1.29 is 9.59 Å². The van der Waals surface area contributed by atoms with Crippen LogP contribution in [0.2, 0.25) is 0 Å². The zero-order chi connectivity index (χ0) is 12.5. The molecule has 2 aliphatic heterocycles. The Morgan fingerprint density at radius 3 is 2.24 bits per heavy atom. The predicted octanol–water partition coefficient (Wildman–Crippen LogP) is -0.405. The smallest absolute Gasteiger partial charge is 0.254 e. The molecule has 0 aromatic carbocycles. The molecule has 2 amide bonds. The summed E-state index contributed by atoms with van der Waals surface area (Å²) >= 11 is 0. The van der Waals surface area contributed by atoms with E-state index >= 15 is 0 Å². The Morgan fingerprint density at radius 2 is 1.71 bits per heavy atom. The molecule has 0 saturated carbocycles. The lowest BCUT2D eigenvalue weighted by molar-refractivity contribution is -0.143. The van der Waals surface area contributed by atoms with Gasteiger partial charge in [-0.25, -0.2) is 0 Å². The van der Waals surface area contributed by atoms with E-state index in [1.54, 1.807) is 0 Å². The van der Waals surface area contributed by atoms with E-state index in [1.807, 2.05) is 13.8 Å². The maximum atomic E-state index is 11.7. The van der Waals surface area contributed by atoms with Crippen LogP contribution in [0.15, 0.2) is 12.2 Å². The number of hydrogen-bond acceptors (Lipinski definition) is 4. The van der Waals surface area contributed by atoms with Crippen LogP contribution in [0.25, 0.3) is 0 Å². The largest absolute Gasteiger partial charge is 0.314 e. The third kappa shape index (κ3) is 2.56. The van der Waals surface area contributed by atoms with E-state index in [-0.39, 0.29) is 11.8 Å². The SMILES string of the molecule is CC(C)(CN1CCNCC1)N1C(=O)C=CC1=O. The molecule has 0 aromatic heterocycles. The van der Waals surface area contributed by atoms with Crippen molar-refractivity contribution in [1.82, 2.24) is 15.1 Å². The van der Waals surface area contributed by atoms with E-state index in [9.17, 15) is 9.59 Å². The molecule has 0 aromatic rings. The molecule has 2 aliphatic rings. The Balaban J connectivity index is 2.02. The van der Waals surface area contributed by atoms with Crippen molar-refractivity contribution in [2.24, 2.45) is 0 Å². The van der Waals surface area contributed by atoms with E-state index < -0.39 is 5.54 Å². The molecule has 0 radical (unpaired) electrons. The second kappa shape index (κ2) is 4.58. The average Bonchev–Trinajstić information content (AvgIpc) is 2.59. The van der Waals surface area contributed by atoms with Gasteiger partial charge in [0, 0.05) is 44.9 Å². The van der Waals surface area contributed by atoms with Crippen molar-refractivity contribution >= 4 is 11.8 Å². The summed E-state index contributed by atoms with van der Waals surface area (Å²) in [6.45, 7) is 8.48. The Morgan fingerprint density at radius 1 is 1.18 bits per heavy atom. The van der Waals surface area contributed by atoms with E-state index in [0.29, 0.717) is 0 Å². The van der Waals surface area contributed by atoms with Gasteiger partial charge in [-0.05, 0) is 13.8 Å². The van der Waals surface area contributed by atoms with Gasteiger partial charge in [0.05, 0.1) is 5.54 Å². The maximum Gasteiger partial charge on any atom is 0.254 e. The van der Waals surface area contributed by atoms with Crippen LogP contribution in [0, 0.1) is 0 Å². The maximum absolute atomic E-state index is 11.7. The van der Waals surface area contributed by atoms with Crippen LogP contribution in [0.3, 0.4) is 0 Å². The minimum Gasteiger partial charge on any atom is -0.314 e. The summed E-state index contributed by atoms with van der Waals surface area (Å²) in [6, 6.07) is 0. The molecule has 2 rings (SSSR count). The minimum atomic E-state index is -0.449. The molecule has 2 heterocycles. The third-order valence-electron chi connectivity index (χ3n) is 3.23. The second-order valence-corrected chi connectivity index (χ2v) is 5.18. The van der Waals surface area contributed by atoms with Gasteiger partial charge in [0.2, 0.25) is 0 Å². The van der Waals surface area contributed by atoms with Gasteiger partial charge in [0.1, 0.15) is 0 Å². The highest BCUT2D eigenvalue weighted by molar-refractivity contribution is 6.13. The van der Waals surface area contributed by atoms with Crippen LogP contribution in [-0.4, -0.2) is 59.9 Å². The van der Waals surface area contributed by atoms with Gasteiger partial charge < -0.3 is 5.32 Å². The van der Waals surface area contributed by atoms with E-state index in [0.717, 1.165) is 32.7 Å². The van der Waals surface area contributed by atoms with Gasteiger partial charge in [-0.1, -0.05) is 0 Å². The molecule has 1 saturated heterocycles. The van der Waals surface area contributed by atoms with Crippen LogP contribution in [-0.2, 0) is 9.59 Å². The van der Waals surface area contributed by atoms with Crippen LogP contribution in [0.4, 0.5) is 0 Å². The molecule has 0 unspecified atom stereocenters. The zero-order valence-corrected chi connectivity index (χ0v) is 10.4. The quantitative estimate of drug-likeness (QED) is 0.678. The fourth-order valence-corrected chi connectivity index (χ4v) is 2.48. The number of carbonyl (C=O) groups is 2. The van der Waals surface area contributed by atoms with Crippen LogP contribution in [0.5, 0.6) is 0 Å². The average molecular weight is 237 g/mol. The standard InChI is InChI=1S/C12H19N3O2/c1-12(2,9-14-7-5-13-6-8-14)15-10(16)3-4-11(15)17/h3-4,13H,5-9H2,1-2H3. The summed E-state index contributed by atoms with van der Waals surface area (Å²) in [5.41, 5.74) is -0.449. The number of nitrogens with one attached hydrogen (secondary N) is 1. The number of imide groups is 1. The first-order chi connectivity index (χ1) is 8.00. The first-order valence-corrected chi connectivity index (χ1v) is 6.00. The van der Waals surface area contributed by atoms with Gasteiger partial charge >= 0.3 is 0 Å². The summed E-state index contributed by atoms with van der Waals surface area (Å²) in [4.78, 5) is 27.0. The molecular weight excluding hydrogens is 218 g/mol. The number of hydrogen-bond donors (Lipinski definition) is 1. The predicted molar refractivity (Wildman–Crippen MR) is 64.4 cm³/mol. The number of nitrogens with zero attached hydrogens (tertiary/aromatic N) is 2. The molecule has 5 heteroatoms. The molecule has 1 N–H and O–H groups in total. The lowest BCUT2D eigenvalue weighted by atomic mass is 10.0. The highest BCUT2D eigenvalue weighted by Crippen LogP contribution is 2.21. The Hall–Kier alpha value is -1.20. The molecule has 0 atom stereocenters. The summed E-state index contributed by atoms with van der Waals surface area (Å²) in [5.74, 6) is -0.398. The fourth-order valence-electron chi connectivity index (χ4n) is 2.48. The third-order valence-corrected chi connectivity index (χ3v) is 3.23. The molecule has 94 valence electrons. The number of piperazine rings is 1. The Labute approximate surface area is 101 Å². The zero-order valence-electron chi connectivity index (χ0n) is 10.4. The van der Waals surface area contributed by atoms with Gasteiger partial charge in [0.25, 0.3) is 11.8 Å². The molecule has 0 bridgehead atoms. The van der Waals surface area contributed by atoms with Crippen molar-refractivity contribution in [3.05, 3.63) is 12.2 Å². The molecule has 5 nitrogen and oxygen atoms in total. The molecule has 0 aliphatic carbocycles. The highest BCUT2D eigenvalue weighted by atomic mass is 16.2. The van der Waals surface area contributed by atoms with Crippen LogP contribution >= 0.6 is 0 Å². The van der Waals surface area contributed by atoms with Gasteiger partial charge in [-0.15, -0.1) is 0 Å². The first kappa shape index (κ1) is 12.3. The monoisotopic (exact) mass is 237 g/mol. The lowest BCUT2D eigenvalue weighted by Gasteiger charge is -2.39. The topological polar surface area (TPSA) is 52.6 Å². The molecule has 0 spiro atoms. The summed E-state index contributed by atoms with van der Waals surface area (Å²) in [7, 11) is 0. The summed E-state index contributed by atoms with van der Waals surface area (Å²) in [5, 5.41) is 3.29. The Bertz CT molecular complexity index is 339. The number of amides is 2. The van der Waals surface area contributed by atoms with E-state index in [1.165, 1.54) is 17.1 Å². The van der Waals surface area contributed by atoms with Crippen LogP contribution < -0.4 is 5.32 Å². The molecule has 1 fully saturated rings. The minimum absolute atomic E-state index is 0.199. The second-order valence-electron chi connectivity index (χ2n) is 5.18. The molecular formula is C12H19N3O2. The molecule has 17 heavy (non-hydrogen) atoms. The van der Waals surface area contributed by atoms with Crippen molar-refractivity contribution in [3.63, 3.8) is 0 Å². The van der Waals surface area contributed by atoms with Crippen molar-refractivity contribution in [2.45, 2.75) is 19.4 Å². The Kier molecular flexibility index (Phi) is 3.31. The lowest BCUT2D eigenvalue weighted by Crippen LogP contribution is -2.57. The first-order valence-electron chi connectivity index (χ1n) is 6.00. The van der Waals surface area contributed by atoms with Crippen molar-refractivity contribution in [2.75, 3.05) is 32.7 Å². The highest BCUT2D eigenvalue weighted by Gasteiger charge is 2.38. The summed E-state index contributed by atoms with van der Waals surface area (Å²) < 4.78 is 0. The fraction of sp³-hybridized carbons (Fsp3) is 0.667. The summed E-state index contributed by atoms with van der Waals surface area (Å²) in [6.07, 6.45) is 2.70. The van der Waals surface area contributed by atoms with E-state index in [4.69, 9.17) is 0 Å². The number of carbonyl (C=O) groups excluding carboxylic acids is 2.